The molecule has 0 spiro atoms. The molecule has 0 aromatic heterocycles. The van der Waals surface area contributed by atoms with Gasteiger partial charge in [0.25, 0.3) is 0 Å². The normalized spacial score (nSPS) is 18.0. The fraction of sp³-hybridized carbons (Fsp3) is 0.222. The van der Waals surface area contributed by atoms with Crippen molar-refractivity contribution in [1.82, 2.24) is 0 Å². The van der Waals surface area contributed by atoms with E-state index in [1.165, 1.54) is 0 Å². The first-order valence-electron chi connectivity index (χ1n) is 3.35. The van der Waals surface area contributed by atoms with Crippen molar-refractivity contribution < 1.29 is 4.79 Å². The van der Waals surface area contributed by atoms with Crippen LogP contribution >= 0.6 is 0 Å². The van der Waals surface area contributed by atoms with Gasteiger partial charge < -0.3 is 0 Å². The lowest BCUT2D eigenvalue weighted by molar-refractivity contribution is -0.114. The van der Waals surface area contributed by atoms with Crippen LogP contribution in [-0.4, -0.2) is 5.78 Å². The molecular formula is C9H10O. The first-order valence-corrected chi connectivity index (χ1v) is 3.35. The minimum atomic E-state index is 0.240. The van der Waals surface area contributed by atoms with Gasteiger partial charge in [-0.1, -0.05) is 24.8 Å². The second-order valence-electron chi connectivity index (χ2n) is 2.28. The lowest BCUT2D eigenvalue weighted by atomic mass is 10.2. The van der Waals surface area contributed by atoms with Crippen LogP contribution in [0.15, 0.2) is 36.5 Å². The summed E-state index contributed by atoms with van der Waals surface area (Å²) in [6, 6.07) is 0. The summed E-state index contributed by atoms with van der Waals surface area (Å²) in [5.74, 6) is 0.240. The number of hydrogen-bond donors (Lipinski definition) is 0. The van der Waals surface area contributed by atoms with Gasteiger partial charge in [0, 0.05) is 6.42 Å². The van der Waals surface area contributed by atoms with Gasteiger partial charge in [-0.05, 0) is 18.1 Å². The van der Waals surface area contributed by atoms with Crippen LogP contribution < -0.4 is 0 Å². The van der Waals surface area contributed by atoms with Gasteiger partial charge in [-0.2, -0.15) is 0 Å². The molecule has 0 bridgehead atoms. The number of hydrogen-bond acceptors (Lipinski definition) is 1. The van der Waals surface area contributed by atoms with Crippen LogP contribution in [0.25, 0.3) is 0 Å². The van der Waals surface area contributed by atoms with Crippen LogP contribution in [0.1, 0.15) is 12.8 Å². The molecular weight excluding hydrogens is 124 g/mol. The SMILES string of the molecule is C=CC=CC1=CC(=O)CC1. The summed E-state index contributed by atoms with van der Waals surface area (Å²) in [6.45, 7) is 3.54. The maximum Gasteiger partial charge on any atom is 0.156 e. The first-order chi connectivity index (χ1) is 4.83. The van der Waals surface area contributed by atoms with Crippen molar-refractivity contribution in [3.63, 3.8) is 0 Å². The molecule has 0 saturated carbocycles. The monoisotopic (exact) mass is 134 g/mol. The zero-order chi connectivity index (χ0) is 7.40. The number of ketones is 1. The van der Waals surface area contributed by atoms with E-state index < -0.39 is 0 Å². The van der Waals surface area contributed by atoms with Crippen LogP contribution in [0.2, 0.25) is 0 Å². The van der Waals surface area contributed by atoms with Crippen LogP contribution in [0, 0.1) is 0 Å². The number of carbonyl (C=O) groups is 1. The van der Waals surface area contributed by atoms with Gasteiger partial charge in [-0.15, -0.1) is 0 Å². The van der Waals surface area contributed by atoms with Gasteiger partial charge in [0.2, 0.25) is 0 Å². The third-order valence-corrected chi connectivity index (χ3v) is 1.45. The Morgan fingerprint density at radius 2 is 2.30 bits per heavy atom. The maximum atomic E-state index is 10.7. The van der Waals surface area contributed by atoms with E-state index in [1.54, 1.807) is 12.2 Å². The molecule has 0 aromatic rings. The summed E-state index contributed by atoms with van der Waals surface area (Å²) in [7, 11) is 0. The molecule has 52 valence electrons. The number of rotatable bonds is 2. The Morgan fingerprint density at radius 3 is 2.80 bits per heavy atom. The molecule has 0 atom stereocenters. The van der Waals surface area contributed by atoms with E-state index in [1.807, 2.05) is 12.2 Å². The first kappa shape index (κ1) is 7.00. The van der Waals surface area contributed by atoms with E-state index in [0.717, 1.165) is 12.0 Å². The Hall–Kier alpha value is -1.11. The van der Waals surface area contributed by atoms with Crippen LogP contribution in [0.3, 0.4) is 0 Å². The maximum absolute atomic E-state index is 10.7. The lowest BCUT2D eigenvalue weighted by Crippen LogP contribution is -1.80. The van der Waals surface area contributed by atoms with Gasteiger partial charge in [-0.3, -0.25) is 4.79 Å². The smallest absolute Gasteiger partial charge is 0.156 e. The van der Waals surface area contributed by atoms with Gasteiger partial charge >= 0.3 is 0 Å². The lowest BCUT2D eigenvalue weighted by Gasteiger charge is -1.84. The third-order valence-electron chi connectivity index (χ3n) is 1.45. The minimum absolute atomic E-state index is 0.240. The second kappa shape index (κ2) is 3.16. The molecule has 0 aromatic carbocycles. The predicted octanol–water partition coefficient (Wildman–Crippen LogP) is 2.02. The van der Waals surface area contributed by atoms with Crippen molar-refractivity contribution in [2.24, 2.45) is 0 Å². The summed E-state index contributed by atoms with van der Waals surface area (Å²) in [5, 5.41) is 0. The minimum Gasteiger partial charge on any atom is -0.295 e. The third kappa shape index (κ3) is 1.69. The molecule has 1 nitrogen and oxygen atoms in total. The van der Waals surface area contributed by atoms with E-state index in [0.29, 0.717) is 6.42 Å². The van der Waals surface area contributed by atoms with E-state index in [-0.39, 0.29) is 5.78 Å². The molecule has 1 aliphatic carbocycles. The summed E-state index contributed by atoms with van der Waals surface area (Å²) < 4.78 is 0. The molecule has 0 aliphatic heterocycles. The molecule has 0 fully saturated rings. The Morgan fingerprint density at radius 1 is 1.50 bits per heavy atom. The number of carbonyl (C=O) groups excluding carboxylic acids is 1. The zero-order valence-electron chi connectivity index (χ0n) is 5.84. The largest absolute Gasteiger partial charge is 0.295 e. The Labute approximate surface area is 60.7 Å². The standard InChI is InChI=1S/C9H10O/c1-2-3-4-8-5-6-9(10)7-8/h2-4,7H,1,5-6H2. The van der Waals surface area contributed by atoms with Crippen molar-refractivity contribution in [3.05, 3.63) is 36.5 Å². The highest BCUT2D eigenvalue weighted by Crippen LogP contribution is 2.15. The summed E-state index contributed by atoms with van der Waals surface area (Å²) in [6.07, 6.45) is 8.76. The van der Waals surface area contributed by atoms with Crippen LogP contribution in [-0.2, 0) is 4.79 Å². The second-order valence-corrected chi connectivity index (χ2v) is 2.28. The zero-order valence-corrected chi connectivity index (χ0v) is 5.84. The fourth-order valence-corrected chi connectivity index (χ4v) is 0.942. The van der Waals surface area contributed by atoms with E-state index in [9.17, 15) is 4.79 Å². The molecule has 0 heterocycles. The van der Waals surface area contributed by atoms with E-state index in [2.05, 4.69) is 6.58 Å². The Balaban J connectivity index is 2.58. The molecule has 0 unspecified atom stereocenters. The molecule has 0 saturated heterocycles. The number of allylic oxidation sites excluding steroid dienone is 5. The average molecular weight is 134 g/mol. The van der Waals surface area contributed by atoms with Crippen LogP contribution in [0.5, 0.6) is 0 Å². The summed E-state index contributed by atoms with van der Waals surface area (Å²) in [5.41, 5.74) is 1.12. The molecule has 0 amide bonds. The van der Waals surface area contributed by atoms with Crippen LogP contribution in [0.4, 0.5) is 0 Å². The Bertz CT molecular complexity index is 209. The molecule has 1 heteroatoms. The highest BCUT2D eigenvalue weighted by Gasteiger charge is 2.07. The highest BCUT2D eigenvalue weighted by atomic mass is 16.1. The van der Waals surface area contributed by atoms with Crippen molar-refractivity contribution in [2.75, 3.05) is 0 Å². The van der Waals surface area contributed by atoms with Gasteiger partial charge in [-0.25, -0.2) is 0 Å². The van der Waals surface area contributed by atoms with Gasteiger partial charge in [0.05, 0.1) is 0 Å². The highest BCUT2D eigenvalue weighted by molar-refractivity contribution is 5.93. The van der Waals surface area contributed by atoms with Gasteiger partial charge in [0.15, 0.2) is 5.78 Å². The topological polar surface area (TPSA) is 17.1 Å². The quantitative estimate of drug-likeness (QED) is 0.528. The molecule has 10 heavy (non-hydrogen) atoms. The molecule has 0 N–H and O–H groups in total. The van der Waals surface area contributed by atoms with E-state index >= 15 is 0 Å². The van der Waals surface area contributed by atoms with Crippen molar-refractivity contribution >= 4 is 5.78 Å². The van der Waals surface area contributed by atoms with Crippen molar-refractivity contribution in [1.29, 1.82) is 0 Å². The van der Waals surface area contributed by atoms with Crippen molar-refractivity contribution in [3.8, 4) is 0 Å². The molecule has 1 aliphatic rings. The van der Waals surface area contributed by atoms with Gasteiger partial charge in [0.1, 0.15) is 0 Å². The van der Waals surface area contributed by atoms with Crippen molar-refractivity contribution in [2.45, 2.75) is 12.8 Å². The molecule has 0 radical (unpaired) electrons. The Kier molecular flexibility index (Phi) is 2.21. The average Bonchev–Trinajstić information content (AvgIpc) is 2.31. The summed E-state index contributed by atoms with van der Waals surface area (Å²) >= 11 is 0. The summed E-state index contributed by atoms with van der Waals surface area (Å²) in [4.78, 5) is 10.7. The van der Waals surface area contributed by atoms with E-state index in [4.69, 9.17) is 0 Å². The predicted molar refractivity (Wildman–Crippen MR) is 41.7 cm³/mol. The molecule has 1 rings (SSSR count). The fourth-order valence-electron chi connectivity index (χ4n) is 0.942.